The quantitative estimate of drug-likeness (QED) is 0.232. The van der Waals surface area contributed by atoms with E-state index in [4.69, 9.17) is 9.97 Å². The van der Waals surface area contributed by atoms with E-state index in [0.29, 0.717) is 28.9 Å². The van der Waals surface area contributed by atoms with E-state index in [0.717, 1.165) is 16.7 Å². The SMILES string of the molecule is c1ccc(-c2nc(-c3ccc(-c4ccc(-c5cccc6ccccc56)cc4)cc3)nc(-c3ccccn3)n2)nc1. The van der Waals surface area contributed by atoms with Crippen molar-refractivity contribution >= 4 is 10.8 Å². The highest BCUT2D eigenvalue weighted by Gasteiger charge is 2.13. The first-order valence-corrected chi connectivity index (χ1v) is 13.1. The molecule has 0 aliphatic carbocycles. The molecule has 0 aliphatic rings. The summed E-state index contributed by atoms with van der Waals surface area (Å²) in [5, 5.41) is 2.50. The molecule has 3 aromatic heterocycles. The molecule has 7 aromatic rings. The van der Waals surface area contributed by atoms with E-state index >= 15 is 0 Å². The normalized spacial score (nSPS) is 11.0. The number of fused-ring (bicyclic) bond motifs is 1. The molecule has 7 rings (SSSR count). The molecule has 0 radical (unpaired) electrons. The molecule has 40 heavy (non-hydrogen) atoms. The van der Waals surface area contributed by atoms with Gasteiger partial charge in [0.25, 0.3) is 0 Å². The molecule has 0 fully saturated rings. The van der Waals surface area contributed by atoms with E-state index in [2.05, 4.69) is 93.8 Å². The van der Waals surface area contributed by atoms with Gasteiger partial charge in [-0.25, -0.2) is 15.0 Å². The van der Waals surface area contributed by atoms with Crippen LogP contribution in [0.15, 0.2) is 140 Å². The van der Waals surface area contributed by atoms with Crippen LogP contribution in [0.5, 0.6) is 0 Å². The molecule has 5 nitrogen and oxygen atoms in total. The van der Waals surface area contributed by atoms with Crippen molar-refractivity contribution in [1.82, 2.24) is 24.9 Å². The van der Waals surface area contributed by atoms with Crippen LogP contribution in [-0.4, -0.2) is 24.9 Å². The second-order valence-corrected chi connectivity index (χ2v) is 9.42. The lowest BCUT2D eigenvalue weighted by Gasteiger charge is -2.10. The minimum absolute atomic E-state index is 0.513. The lowest BCUT2D eigenvalue weighted by molar-refractivity contribution is 1.05. The predicted molar refractivity (Wildman–Crippen MR) is 160 cm³/mol. The standard InChI is InChI=1S/C35H23N5/c1-2-10-29-26(8-1)9-7-11-30(29)27-18-14-24(15-19-27)25-16-20-28(21-17-25)33-38-34(31-12-3-5-22-36-31)40-35(39-33)32-13-4-6-23-37-32/h1-23H. The van der Waals surface area contributed by atoms with Crippen molar-refractivity contribution in [2.75, 3.05) is 0 Å². The summed E-state index contributed by atoms with van der Waals surface area (Å²) in [4.78, 5) is 23.1. The fraction of sp³-hybridized carbons (Fsp3) is 0. The molecule has 4 aromatic carbocycles. The van der Waals surface area contributed by atoms with Crippen molar-refractivity contribution in [2.45, 2.75) is 0 Å². The molecule has 0 aliphatic heterocycles. The summed E-state index contributed by atoms with van der Waals surface area (Å²) in [6.45, 7) is 0. The van der Waals surface area contributed by atoms with Crippen molar-refractivity contribution in [1.29, 1.82) is 0 Å². The van der Waals surface area contributed by atoms with Gasteiger partial charge < -0.3 is 0 Å². The molecule has 3 heterocycles. The maximum atomic E-state index is 4.76. The zero-order valence-corrected chi connectivity index (χ0v) is 21.5. The molecule has 0 saturated heterocycles. The number of rotatable bonds is 5. The first kappa shape index (κ1) is 23.6. The van der Waals surface area contributed by atoms with E-state index in [1.807, 2.05) is 48.5 Å². The number of aromatic nitrogens is 5. The van der Waals surface area contributed by atoms with E-state index in [1.54, 1.807) is 12.4 Å². The number of pyridine rings is 2. The van der Waals surface area contributed by atoms with Crippen LogP contribution in [0.3, 0.4) is 0 Å². The van der Waals surface area contributed by atoms with E-state index in [9.17, 15) is 0 Å². The smallest absolute Gasteiger partial charge is 0.182 e. The predicted octanol–water partition coefficient (Wildman–Crippen LogP) is 8.15. The average Bonchev–Trinajstić information content (AvgIpc) is 3.05. The highest BCUT2D eigenvalue weighted by atomic mass is 15.1. The van der Waals surface area contributed by atoms with E-state index < -0.39 is 0 Å². The molecule has 0 saturated carbocycles. The van der Waals surface area contributed by atoms with Gasteiger partial charge in [-0.15, -0.1) is 0 Å². The van der Waals surface area contributed by atoms with Crippen LogP contribution in [0.4, 0.5) is 0 Å². The van der Waals surface area contributed by atoms with Crippen molar-refractivity contribution in [3.63, 3.8) is 0 Å². The van der Waals surface area contributed by atoms with E-state index in [-0.39, 0.29) is 0 Å². The summed E-state index contributed by atoms with van der Waals surface area (Å²) in [7, 11) is 0. The van der Waals surface area contributed by atoms with Crippen LogP contribution in [0.25, 0.3) is 67.5 Å². The Hall–Kier alpha value is -5.55. The van der Waals surface area contributed by atoms with Crippen LogP contribution in [0.2, 0.25) is 0 Å². The van der Waals surface area contributed by atoms with Gasteiger partial charge in [0, 0.05) is 18.0 Å². The Labute approximate surface area is 231 Å². The lowest BCUT2D eigenvalue weighted by atomic mass is 9.96. The van der Waals surface area contributed by atoms with Gasteiger partial charge in [-0.1, -0.05) is 103 Å². The molecule has 0 spiro atoms. The monoisotopic (exact) mass is 513 g/mol. The van der Waals surface area contributed by atoms with Gasteiger partial charge in [-0.2, -0.15) is 0 Å². The largest absolute Gasteiger partial charge is 0.253 e. The molecule has 0 bridgehead atoms. The fourth-order valence-electron chi connectivity index (χ4n) is 4.86. The molecule has 0 N–H and O–H groups in total. The van der Waals surface area contributed by atoms with Crippen LogP contribution in [-0.2, 0) is 0 Å². The lowest BCUT2D eigenvalue weighted by Crippen LogP contribution is -2.01. The number of hydrogen-bond acceptors (Lipinski definition) is 5. The molecule has 0 atom stereocenters. The van der Waals surface area contributed by atoms with Crippen molar-refractivity contribution in [3.05, 3.63) is 140 Å². The van der Waals surface area contributed by atoms with Gasteiger partial charge in [0.1, 0.15) is 11.4 Å². The first-order chi connectivity index (χ1) is 19.8. The molecular weight excluding hydrogens is 490 g/mol. The second-order valence-electron chi connectivity index (χ2n) is 9.42. The minimum atomic E-state index is 0.513. The summed E-state index contributed by atoms with van der Waals surface area (Å²) in [5.41, 5.74) is 6.98. The fourth-order valence-corrected chi connectivity index (χ4v) is 4.86. The maximum absolute atomic E-state index is 4.76. The Morgan fingerprint density at radius 3 is 1.45 bits per heavy atom. The van der Waals surface area contributed by atoms with Gasteiger partial charge in [0.2, 0.25) is 0 Å². The zero-order chi connectivity index (χ0) is 26.7. The summed E-state index contributed by atoms with van der Waals surface area (Å²) in [6, 6.07) is 43.4. The zero-order valence-electron chi connectivity index (χ0n) is 21.5. The Balaban J connectivity index is 1.22. The summed E-state index contributed by atoms with van der Waals surface area (Å²) >= 11 is 0. The topological polar surface area (TPSA) is 64.5 Å². The number of benzene rings is 4. The molecule has 5 heteroatoms. The number of nitrogens with zero attached hydrogens (tertiary/aromatic N) is 5. The van der Waals surface area contributed by atoms with Crippen molar-refractivity contribution in [3.8, 4) is 56.7 Å². The summed E-state index contributed by atoms with van der Waals surface area (Å²) < 4.78 is 0. The van der Waals surface area contributed by atoms with Crippen LogP contribution < -0.4 is 0 Å². The Bertz CT molecular complexity index is 1860. The third-order valence-electron chi connectivity index (χ3n) is 6.89. The van der Waals surface area contributed by atoms with Crippen molar-refractivity contribution < 1.29 is 0 Å². The highest BCUT2D eigenvalue weighted by Crippen LogP contribution is 2.31. The van der Waals surface area contributed by atoms with Gasteiger partial charge in [-0.3, -0.25) is 9.97 Å². The summed E-state index contributed by atoms with van der Waals surface area (Å²) in [5.74, 6) is 1.60. The first-order valence-electron chi connectivity index (χ1n) is 13.1. The highest BCUT2D eigenvalue weighted by molar-refractivity contribution is 5.96. The van der Waals surface area contributed by atoms with Crippen LogP contribution >= 0.6 is 0 Å². The maximum Gasteiger partial charge on any atom is 0.182 e. The van der Waals surface area contributed by atoms with Crippen LogP contribution in [0.1, 0.15) is 0 Å². The van der Waals surface area contributed by atoms with Gasteiger partial charge in [0.15, 0.2) is 17.5 Å². The number of hydrogen-bond donors (Lipinski definition) is 0. The Morgan fingerprint density at radius 2 is 0.850 bits per heavy atom. The van der Waals surface area contributed by atoms with Gasteiger partial charge >= 0.3 is 0 Å². The Morgan fingerprint density at radius 1 is 0.350 bits per heavy atom. The minimum Gasteiger partial charge on any atom is -0.253 e. The molecule has 0 unspecified atom stereocenters. The summed E-state index contributed by atoms with van der Waals surface area (Å²) in [6.07, 6.45) is 3.47. The molecule has 0 amide bonds. The average molecular weight is 514 g/mol. The Kier molecular flexibility index (Phi) is 6.07. The third kappa shape index (κ3) is 4.61. The van der Waals surface area contributed by atoms with Gasteiger partial charge in [-0.05, 0) is 57.3 Å². The van der Waals surface area contributed by atoms with Gasteiger partial charge in [0.05, 0.1) is 0 Å². The third-order valence-corrected chi connectivity index (χ3v) is 6.89. The van der Waals surface area contributed by atoms with Crippen molar-refractivity contribution in [2.24, 2.45) is 0 Å². The molecule has 188 valence electrons. The van der Waals surface area contributed by atoms with E-state index in [1.165, 1.54) is 21.9 Å². The van der Waals surface area contributed by atoms with Crippen LogP contribution in [0, 0.1) is 0 Å². The molecular formula is C35H23N5. The second kappa shape index (κ2) is 10.3.